The molecule has 0 saturated carbocycles. The molecule has 7 heteroatoms. The van der Waals surface area contributed by atoms with Crippen molar-refractivity contribution in [1.82, 2.24) is 5.32 Å². The van der Waals surface area contributed by atoms with E-state index < -0.39 is 21.5 Å². The number of rotatable bonds is 5. The molecule has 2 aromatic rings. The number of carbonyl (C=O) groups excluding carboxylic acids is 1. The SMILES string of the molecule is CC(NC(=O)CS(=O)(=O)c1ccc(Cl)cc1)c1ccc(Cl)cc1. The molecule has 1 N–H and O–H groups in total. The topological polar surface area (TPSA) is 63.2 Å². The predicted octanol–water partition coefficient (Wildman–Crippen LogP) is 3.64. The minimum Gasteiger partial charge on any atom is -0.349 e. The van der Waals surface area contributed by atoms with Crippen molar-refractivity contribution in [2.75, 3.05) is 5.75 Å². The molecule has 122 valence electrons. The van der Waals surface area contributed by atoms with E-state index in [2.05, 4.69) is 5.32 Å². The molecule has 0 radical (unpaired) electrons. The average Bonchev–Trinajstić information content (AvgIpc) is 2.47. The van der Waals surface area contributed by atoms with E-state index in [1.807, 2.05) is 0 Å². The molecule has 2 aromatic carbocycles. The van der Waals surface area contributed by atoms with E-state index >= 15 is 0 Å². The summed E-state index contributed by atoms with van der Waals surface area (Å²) in [7, 11) is -3.70. The average molecular weight is 372 g/mol. The Labute approximate surface area is 145 Å². The number of halogens is 2. The summed E-state index contributed by atoms with van der Waals surface area (Å²) in [5, 5.41) is 3.70. The van der Waals surface area contributed by atoms with E-state index in [-0.39, 0.29) is 10.9 Å². The second-order valence-corrected chi connectivity index (χ2v) is 7.92. The van der Waals surface area contributed by atoms with Crippen molar-refractivity contribution in [3.63, 3.8) is 0 Å². The summed E-state index contributed by atoms with van der Waals surface area (Å²) in [5.41, 5.74) is 0.839. The van der Waals surface area contributed by atoms with Crippen molar-refractivity contribution in [3.05, 3.63) is 64.1 Å². The maximum absolute atomic E-state index is 12.2. The third-order valence-electron chi connectivity index (χ3n) is 3.24. The van der Waals surface area contributed by atoms with Crippen LogP contribution in [0.3, 0.4) is 0 Å². The highest BCUT2D eigenvalue weighted by molar-refractivity contribution is 7.92. The second kappa shape index (κ2) is 7.34. The first-order chi connectivity index (χ1) is 10.8. The van der Waals surface area contributed by atoms with Crippen molar-refractivity contribution in [2.45, 2.75) is 17.9 Å². The summed E-state index contributed by atoms with van der Waals surface area (Å²) >= 11 is 11.5. The molecule has 0 aliphatic carbocycles. The molecule has 2 rings (SSSR count). The van der Waals surface area contributed by atoms with Gasteiger partial charge in [0.05, 0.1) is 10.9 Å². The number of carbonyl (C=O) groups is 1. The van der Waals surface area contributed by atoms with Gasteiger partial charge in [-0.25, -0.2) is 8.42 Å². The second-order valence-electron chi connectivity index (χ2n) is 5.05. The van der Waals surface area contributed by atoms with Gasteiger partial charge in [0.15, 0.2) is 9.84 Å². The highest BCUT2D eigenvalue weighted by Crippen LogP contribution is 2.17. The van der Waals surface area contributed by atoms with Crippen molar-refractivity contribution < 1.29 is 13.2 Å². The summed E-state index contributed by atoms with van der Waals surface area (Å²) in [5.74, 6) is -1.19. The van der Waals surface area contributed by atoms with E-state index in [9.17, 15) is 13.2 Å². The Balaban J connectivity index is 2.03. The van der Waals surface area contributed by atoms with Crippen LogP contribution in [0.5, 0.6) is 0 Å². The first kappa shape index (κ1) is 17.8. The van der Waals surface area contributed by atoms with Crippen molar-refractivity contribution >= 4 is 38.9 Å². The van der Waals surface area contributed by atoms with Gasteiger partial charge >= 0.3 is 0 Å². The van der Waals surface area contributed by atoms with Crippen LogP contribution in [-0.2, 0) is 14.6 Å². The number of hydrogen-bond donors (Lipinski definition) is 1. The molecule has 23 heavy (non-hydrogen) atoms. The van der Waals surface area contributed by atoms with Gasteiger partial charge < -0.3 is 5.32 Å². The van der Waals surface area contributed by atoms with Crippen LogP contribution in [0.25, 0.3) is 0 Å². The highest BCUT2D eigenvalue weighted by Gasteiger charge is 2.20. The summed E-state index contributed by atoms with van der Waals surface area (Å²) < 4.78 is 24.4. The van der Waals surface area contributed by atoms with Gasteiger partial charge in [-0.15, -0.1) is 0 Å². The van der Waals surface area contributed by atoms with Gasteiger partial charge in [0.2, 0.25) is 5.91 Å². The Morgan fingerprint density at radius 2 is 1.48 bits per heavy atom. The van der Waals surface area contributed by atoms with Gasteiger partial charge in [-0.1, -0.05) is 35.3 Å². The first-order valence-corrected chi connectivity index (χ1v) is 9.22. The first-order valence-electron chi connectivity index (χ1n) is 6.81. The number of nitrogens with one attached hydrogen (secondary N) is 1. The highest BCUT2D eigenvalue weighted by atomic mass is 35.5. The van der Waals surface area contributed by atoms with Crippen molar-refractivity contribution in [2.24, 2.45) is 0 Å². The van der Waals surface area contributed by atoms with Crippen LogP contribution in [0.15, 0.2) is 53.4 Å². The maximum Gasteiger partial charge on any atom is 0.236 e. The van der Waals surface area contributed by atoms with E-state index in [4.69, 9.17) is 23.2 Å². The number of hydrogen-bond acceptors (Lipinski definition) is 3. The molecule has 0 aliphatic heterocycles. The van der Waals surface area contributed by atoms with Crippen LogP contribution in [0.2, 0.25) is 10.0 Å². The zero-order valence-corrected chi connectivity index (χ0v) is 14.6. The fourth-order valence-electron chi connectivity index (χ4n) is 2.02. The minimum atomic E-state index is -3.70. The maximum atomic E-state index is 12.2. The number of benzene rings is 2. The molecular formula is C16H15Cl2NO3S. The van der Waals surface area contributed by atoms with Gasteiger partial charge in [-0.2, -0.15) is 0 Å². The third kappa shape index (κ3) is 4.96. The lowest BCUT2D eigenvalue weighted by Crippen LogP contribution is -2.32. The Morgan fingerprint density at radius 1 is 1.00 bits per heavy atom. The van der Waals surface area contributed by atoms with Gasteiger partial charge in [0, 0.05) is 10.0 Å². The molecule has 1 amide bonds. The Morgan fingerprint density at radius 3 is 2.00 bits per heavy atom. The number of sulfone groups is 1. The molecular weight excluding hydrogens is 357 g/mol. The van der Waals surface area contributed by atoms with Crippen LogP contribution < -0.4 is 5.32 Å². The number of amides is 1. The van der Waals surface area contributed by atoms with Crippen LogP contribution in [0, 0.1) is 0 Å². The molecule has 0 aliphatic rings. The quantitative estimate of drug-likeness (QED) is 0.872. The third-order valence-corrected chi connectivity index (χ3v) is 5.38. The molecule has 0 aromatic heterocycles. The molecule has 0 fully saturated rings. The van der Waals surface area contributed by atoms with E-state index in [0.29, 0.717) is 10.0 Å². The Hall–Kier alpha value is -1.56. The summed E-state index contributed by atoms with van der Waals surface area (Å²) in [6.45, 7) is 1.77. The van der Waals surface area contributed by atoms with Gasteiger partial charge in [0.1, 0.15) is 5.75 Å². The fourth-order valence-corrected chi connectivity index (χ4v) is 3.41. The summed E-state index contributed by atoms with van der Waals surface area (Å²) in [6.07, 6.45) is 0. The lowest BCUT2D eigenvalue weighted by Gasteiger charge is -2.14. The van der Waals surface area contributed by atoms with E-state index in [1.54, 1.807) is 31.2 Å². The van der Waals surface area contributed by atoms with Crippen LogP contribution in [0.1, 0.15) is 18.5 Å². The minimum absolute atomic E-state index is 0.0659. The zero-order valence-electron chi connectivity index (χ0n) is 12.3. The molecule has 0 bridgehead atoms. The fraction of sp³-hybridized carbons (Fsp3) is 0.188. The predicted molar refractivity (Wildman–Crippen MR) is 91.5 cm³/mol. The van der Waals surface area contributed by atoms with Gasteiger partial charge in [-0.05, 0) is 48.9 Å². The lowest BCUT2D eigenvalue weighted by atomic mass is 10.1. The van der Waals surface area contributed by atoms with Crippen molar-refractivity contribution in [3.8, 4) is 0 Å². The molecule has 0 heterocycles. The standard InChI is InChI=1S/C16H15Cl2NO3S/c1-11(12-2-4-13(17)5-3-12)19-16(20)10-23(21,22)15-8-6-14(18)7-9-15/h2-9,11H,10H2,1H3,(H,19,20). The van der Waals surface area contributed by atoms with Gasteiger partial charge in [-0.3, -0.25) is 4.79 Å². The molecule has 0 saturated heterocycles. The molecule has 1 unspecified atom stereocenters. The lowest BCUT2D eigenvalue weighted by molar-refractivity contribution is -0.119. The van der Waals surface area contributed by atoms with Gasteiger partial charge in [0.25, 0.3) is 0 Å². The molecule has 0 spiro atoms. The largest absolute Gasteiger partial charge is 0.349 e. The molecule has 1 atom stereocenters. The smallest absolute Gasteiger partial charge is 0.236 e. The summed E-state index contributed by atoms with van der Waals surface area (Å²) in [6, 6.07) is 12.4. The van der Waals surface area contributed by atoms with E-state index in [1.165, 1.54) is 24.3 Å². The summed E-state index contributed by atoms with van der Waals surface area (Å²) in [4.78, 5) is 12.1. The van der Waals surface area contributed by atoms with Crippen molar-refractivity contribution in [1.29, 1.82) is 0 Å². The van der Waals surface area contributed by atoms with Crippen LogP contribution in [0.4, 0.5) is 0 Å². The Kier molecular flexibility index (Phi) is 5.68. The normalized spacial score (nSPS) is 12.7. The monoisotopic (exact) mass is 371 g/mol. The van der Waals surface area contributed by atoms with E-state index in [0.717, 1.165) is 5.56 Å². The zero-order chi connectivity index (χ0) is 17.0. The van der Waals surface area contributed by atoms with Crippen LogP contribution in [-0.4, -0.2) is 20.1 Å². The Bertz CT molecular complexity index is 787. The molecule has 4 nitrogen and oxygen atoms in total. The van der Waals surface area contributed by atoms with Crippen LogP contribution >= 0.6 is 23.2 Å².